The van der Waals surface area contributed by atoms with Gasteiger partial charge in [-0.3, -0.25) is 0 Å². The van der Waals surface area contributed by atoms with E-state index < -0.39 is 0 Å². The van der Waals surface area contributed by atoms with Crippen LogP contribution in [0.2, 0.25) is 0 Å². The first-order valence-electron chi connectivity index (χ1n) is 8.09. The van der Waals surface area contributed by atoms with Crippen molar-refractivity contribution in [2.45, 2.75) is 65.3 Å². The molecule has 118 valence electrons. The summed E-state index contributed by atoms with van der Waals surface area (Å²) in [5.41, 5.74) is 1.35. The van der Waals surface area contributed by atoms with Crippen molar-refractivity contribution in [3.8, 4) is 0 Å². The van der Waals surface area contributed by atoms with Crippen molar-refractivity contribution in [3.05, 3.63) is 22.9 Å². The van der Waals surface area contributed by atoms with Crippen LogP contribution < -0.4 is 5.32 Å². The third-order valence-corrected chi connectivity index (χ3v) is 6.03. The van der Waals surface area contributed by atoms with Crippen molar-refractivity contribution in [1.82, 2.24) is 5.32 Å². The molecule has 20 heavy (non-hydrogen) atoms. The summed E-state index contributed by atoms with van der Waals surface area (Å²) in [6.45, 7) is 11.0. The minimum atomic E-state index is 0.458. The van der Waals surface area contributed by atoms with Gasteiger partial charge in [-0.2, -0.15) is 0 Å². The molecule has 0 spiro atoms. The van der Waals surface area contributed by atoms with E-state index in [4.69, 9.17) is 0 Å². The number of hydrogen-bond donors (Lipinski definition) is 1. The number of hydrogen-bond acceptors (Lipinski definition) is 2. The SMILES string of the molecule is C=C(CCC)C(CS/C(=C/PCCC)CCCC)NC. The normalized spacial score (nSPS) is 14.1. The molecule has 1 N–H and O–H groups in total. The molecule has 0 saturated carbocycles. The Labute approximate surface area is 133 Å². The summed E-state index contributed by atoms with van der Waals surface area (Å²) in [5.74, 6) is 3.63. The number of thioether (sulfide) groups is 1. The molecule has 0 rings (SSSR count). The van der Waals surface area contributed by atoms with Crippen molar-refractivity contribution >= 4 is 20.3 Å². The van der Waals surface area contributed by atoms with Gasteiger partial charge in [0, 0.05) is 11.8 Å². The summed E-state index contributed by atoms with van der Waals surface area (Å²) in [4.78, 5) is 1.60. The first-order valence-corrected chi connectivity index (χ1v) is 10.4. The van der Waals surface area contributed by atoms with E-state index in [0.29, 0.717) is 6.04 Å². The topological polar surface area (TPSA) is 12.0 Å². The maximum absolute atomic E-state index is 4.24. The molecule has 0 aliphatic carbocycles. The van der Waals surface area contributed by atoms with E-state index in [1.807, 2.05) is 11.8 Å². The van der Waals surface area contributed by atoms with Gasteiger partial charge in [0.25, 0.3) is 0 Å². The highest BCUT2D eigenvalue weighted by atomic mass is 32.2. The van der Waals surface area contributed by atoms with Gasteiger partial charge < -0.3 is 5.32 Å². The van der Waals surface area contributed by atoms with Crippen molar-refractivity contribution in [2.75, 3.05) is 19.0 Å². The van der Waals surface area contributed by atoms with E-state index in [9.17, 15) is 0 Å². The number of likely N-dealkylation sites (N-methyl/N-ethyl adjacent to an activating group) is 1. The van der Waals surface area contributed by atoms with Crippen LogP contribution in [0.3, 0.4) is 0 Å². The second kappa shape index (κ2) is 14.2. The predicted molar refractivity (Wildman–Crippen MR) is 100 cm³/mol. The van der Waals surface area contributed by atoms with Gasteiger partial charge >= 0.3 is 0 Å². The van der Waals surface area contributed by atoms with Crippen molar-refractivity contribution < 1.29 is 0 Å². The molecule has 0 aromatic heterocycles. The molecule has 0 bridgehead atoms. The Morgan fingerprint density at radius 2 is 1.95 bits per heavy atom. The standard InChI is InChI=1S/C17H34NPS/c1-6-9-11-16(13-19-12-8-3)20-14-17(18-5)15(4)10-7-2/h13,17-19H,4,6-12,14H2,1-3,5H3/b16-13+. The van der Waals surface area contributed by atoms with Gasteiger partial charge in [-0.25, -0.2) is 0 Å². The molecular weight excluding hydrogens is 281 g/mol. The monoisotopic (exact) mass is 315 g/mol. The molecular formula is C17H34NPS. The van der Waals surface area contributed by atoms with E-state index in [0.717, 1.165) is 20.8 Å². The van der Waals surface area contributed by atoms with Crippen LogP contribution in [0.1, 0.15) is 59.3 Å². The van der Waals surface area contributed by atoms with Crippen LogP contribution in [0.5, 0.6) is 0 Å². The van der Waals surface area contributed by atoms with Crippen molar-refractivity contribution in [1.29, 1.82) is 0 Å². The van der Waals surface area contributed by atoms with Gasteiger partial charge in [-0.1, -0.05) is 66.6 Å². The lowest BCUT2D eigenvalue weighted by Gasteiger charge is -2.19. The van der Waals surface area contributed by atoms with E-state index >= 15 is 0 Å². The fraction of sp³-hybridized carbons (Fsp3) is 0.765. The molecule has 0 aliphatic rings. The van der Waals surface area contributed by atoms with E-state index in [2.05, 4.69) is 45.5 Å². The zero-order chi connectivity index (χ0) is 15.2. The summed E-state index contributed by atoms with van der Waals surface area (Å²) in [6, 6.07) is 0.458. The van der Waals surface area contributed by atoms with E-state index in [-0.39, 0.29) is 0 Å². The molecule has 0 radical (unpaired) electrons. The maximum atomic E-state index is 4.24. The fourth-order valence-corrected chi connectivity index (χ4v) is 4.42. The second-order valence-corrected chi connectivity index (χ2v) is 7.57. The molecule has 2 unspecified atom stereocenters. The molecule has 0 heterocycles. The van der Waals surface area contributed by atoms with Gasteiger partial charge in [-0.15, -0.1) is 11.8 Å². The molecule has 0 saturated heterocycles. The zero-order valence-corrected chi connectivity index (χ0v) is 15.7. The lowest BCUT2D eigenvalue weighted by molar-refractivity contribution is 0.666. The number of allylic oxidation sites excluding steroid dienone is 1. The molecule has 0 aliphatic heterocycles. The zero-order valence-electron chi connectivity index (χ0n) is 13.9. The highest BCUT2D eigenvalue weighted by molar-refractivity contribution is 8.03. The lowest BCUT2D eigenvalue weighted by atomic mass is 10.1. The first-order chi connectivity index (χ1) is 9.69. The molecule has 0 fully saturated rings. The number of unbranched alkanes of at least 4 members (excludes halogenated alkanes) is 1. The van der Waals surface area contributed by atoms with E-state index in [1.165, 1.54) is 43.8 Å². The predicted octanol–water partition coefficient (Wildman–Crippen LogP) is 5.78. The van der Waals surface area contributed by atoms with Crippen molar-refractivity contribution in [2.24, 2.45) is 0 Å². The number of rotatable bonds is 13. The van der Waals surface area contributed by atoms with Crippen molar-refractivity contribution in [3.63, 3.8) is 0 Å². The van der Waals surface area contributed by atoms with Crippen LogP contribution in [0.25, 0.3) is 0 Å². The van der Waals surface area contributed by atoms with Crippen LogP contribution in [-0.4, -0.2) is 25.0 Å². The Hall–Kier alpha value is 0.220. The van der Waals surface area contributed by atoms with Gasteiger partial charge in [0.15, 0.2) is 0 Å². The van der Waals surface area contributed by atoms with Gasteiger partial charge in [0.2, 0.25) is 0 Å². The van der Waals surface area contributed by atoms with Crippen LogP contribution in [0, 0.1) is 0 Å². The summed E-state index contributed by atoms with van der Waals surface area (Å²) in [7, 11) is 3.05. The average Bonchev–Trinajstić information content (AvgIpc) is 2.45. The largest absolute Gasteiger partial charge is 0.313 e. The number of nitrogens with one attached hydrogen (secondary N) is 1. The molecule has 0 amide bonds. The third kappa shape index (κ3) is 10.0. The molecule has 2 atom stereocenters. The fourth-order valence-electron chi connectivity index (χ4n) is 1.96. The third-order valence-electron chi connectivity index (χ3n) is 3.28. The second-order valence-electron chi connectivity index (χ2n) is 5.23. The summed E-state index contributed by atoms with van der Waals surface area (Å²) >= 11 is 2.04. The maximum Gasteiger partial charge on any atom is 0.0369 e. The van der Waals surface area contributed by atoms with Crippen LogP contribution in [0.15, 0.2) is 22.9 Å². The summed E-state index contributed by atoms with van der Waals surface area (Å²) in [5, 5.41) is 3.42. The van der Waals surface area contributed by atoms with Crippen LogP contribution >= 0.6 is 20.3 Å². The summed E-state index contributed by atoms with van der Waals surface area (Å²) in [6.07, 6.45) is 8.83. The first kappa shape index (κ1) is 20.2. The lowest BCUT2D eigenvalue weighted by Crippen LogP contribution is -2.29. The Kier molecular flexibility index (Phi) is 14.3. The molecule has 3 heteroatoms. The highest BCUT2D eigenvalue weighted by Crippen LogP contribution is 2.29. The average molecular weight is 316 g/mol. The Balaban J connectivity index is 4.32. The van der Waals surface area contributed by atoms with Gasteiger partial charge in [0.1, 0.15) is 0 Å². The minimum Gasteiger partial charge on any atom is -0.313 e. The molecule has 1 nitrogen and oxygen atoms in total. The Morgan fingerprint density at radius 3 is 2.50 bits per heavy atom. The summed E-state index contributed by atoms with van der Waals surface area (Å²) < 4.78 is 0. The van der Waals surface area contributed by atoms with E-state index in [1.54, 1.807) is 4.91 Å². The smallest absolute Gasteiger partial charge is 0.0369 e. The van der Waals surface area contributed by atoms with Gasteiger partial charge in [0.05, 0.1) is 0 Å². The Bertz CT molecular complexity index is 276. The Morgan fingerprint density at radius 1 is 1.20 bits per heavy atom. The van der Waals surface area contributed by atoms with Crippen LogP contribution in [-0.2, 0) is 0 Å². The highest BCUT2D eigenvalue weighted by Gasteiger charge is 2.11. The molecule has 0 aromatic rings. The molecule has 0 aromatic carbocycles. The minimum absolute atomic E-state index is 0.458. The quantitative estimate of drug-likeness (QED) is 0.262. The van der Waals surface area contributed by atoms with Crippen LogP contribution in [0.4, 0.5) is 0 Å². The van der Waals surface area contributed by atoms with Gasteiger partial charge in [-0.05, 0) is 37.4 Å².